The number of likely N-dealkylation sites (N-methyl/N-ethyl adjacent to an activating group) is 1. The van der Waals surface area contributed by atoms with E-state index in [1.807, 2.05) is 42.0 Å². The summed E-state index contributed by atoms with van der Waals surface area (Å²) in [7, 11) is 4.01. The molecule has 2 aromatic rings. The maximum Gasteiger partial charge on any atom is 0.227 e. The van der Waals surface area contributed by atoms with Gasteiger partial charge in [-0.2, -0.15) is 0 Å². The number of rotatable bonds is 2. The van der Waals surface area contributed by atoms with E-state index in [4.69, 9.17) is 0 Å². The summed E-state index contributed by atoms with van der Waals surface area (Å²) in [6, 6.07) is 5.99. The number of aromatic nitrogens is 2. The van der Waals surface area contributed by atoms with Gasteiger partial charge in [0.1, 0.15) is 5.82 Å². The van der Waals surface area contributed by atoms with Crippen LogP contribution < -0.4 is 0 Å². The lowest BCUT2D eigenvalue weighted by molar-refractivity contribution is -0.136. The maximum absolute atomic E-state index is 13.1. The van der Waals surface area contributed by atoms with Crippen molar-refractivity contribution in [2.75, 3.05) is 40.3 Å². The third kappa shape index (κ3) is 3.51. The molecule has 2 amide bonds. The van der Waals surface area contributed by atoms with Gasteiger partial charge < -0.3 is 14.8 Å². The minimum atomic E-state index is -0.0984. The van der Waals surface area contributed by atoms with Gasteiger partial charge in [0.2, 0.25) is 11.8 Å². The number of imidazole rings is 1. The molecule has 1 unspecified atom stereocenters. The van der Waals surface area contributed by atoms with Crippen molar-refractivity contribution in [2.24, 2.45) is 0 Å². The lowest BCUT2D eigenvalue weighted by atomic mass is 9.86. The normalized spacial score (nSPS) is 24.2. The molecule has 1 spiro atoms. The lowest BCUT2D eigenvalue weighted by Gasteiger charge is -2.49. The SMILES string of the molecule is Cc1nc2ccc(CC(=O)N3CCN(C)C4(CCC(=O)N(C)CC4)C3)cc2[nH]1. The Morgan fingerprint density at radius 3 is 2.86 bits per heavy atom. The first-order valence-electron chi connectivity index (χ1n) is 10.0. The van der Waals surface area contributed by atoms with E-state index in [0.717, 1.165) is 54.9 Å². The molecule has 2 saturated heterocycles. The van der Waals surface area contributed by atoms with Crippen molar-refractivity contribution in [3.63, 3.8) is 0 Å². The molecule has 0 radical (unpaired) electrons. The van der Waals surface area contributed by atoms with Gasteiger partial charge >= 0.3 is 0 Å². The first kappa shape index (κ1) is 18.9. The van der Waals surface area contributed by atoms with Crippen LogP contribution in [-0.4, -0.2) is 82.3 Å². The van der Waals surface area contributed by atoms with Crippen LogP contribution in [0.3, 0.4) is 0 Å². The predicted molar refractivity (Wildman–Crippen MR) is 108 cm³/mol. The van der Waals surface area contributed by atoms with Crippen molar-refractivity contribution in [3.8, 4) is 0 Å². The second-order valence-corrected chi connectivity index (χ2v) is 8.38. The van der Waals surface area contributed by atoms with Gasteiger partial charge in [-0.3, -0.25) is 14.5 Å². The molecular formula is C21H29N5O2. The summed E-state index contributed by atoms with van der Waals surface area (Å²) in [6.45, 7) is 4.98. The Balaban J connectivity index is 1.48. The molecule has 4 rings (SSSR count). The zero-order valence-corrected chi connectivity index (χ0v) is 17.0. The van der Waals surface area contributed by atoms with Crippen molar-refractivity contribution in [3.05, 3.63) is 29.6 Å². The summed E-state index contributed by atoms with van der Waals surface area (Å²) in [5.41, 5.74) is 2.81. The Morgan fingerprint density at radius 2 is 2.04 bits per heavy atom. The highest BCUT2D eigenvalue weighted by Crippen LogP contribution is 2.32. The molecule has 1 aromatic heterocycles. The number of benzene rings is 1. The Hall–Kier alpha value is -2.41. The molecule has 7 nitrogen and oxygen atoms in total. The highest BCUT2D eigenvalue weighted by atomic mass is 16.2. The average Bonchev–Trinajstić information content (AvgIpc) is 2.98. The number of hydrogen-bond donors (Lipinski definition) is 1. The second kappa shape index (κ2) is 7.20. The zero-order chi connectivity index (χ0) is 19.9. The predicted octanol–water partition coefficient (Wildman–Crippen LogP) is 1.57. The quantitative estimate of drug-likeness (QED) is 0.854. The highest BCUT2D eigenvalue weighted by molar-refractivity contribution is 5.82. The van der Waals surface area contributed by atoms with Crippen LogP contribution >= 0.6 is 0 Å². The third-order valence-electron chi connectivity index (χ3n) is 6.52. The molecule has 3 heterocycles. The standard InChI is InChI=1S/C21H29N5O2/c1-15-22-17-5-4-16(12-18(17)23-15)13-20(28)26-11-10-25(3)21(14-26)7-6-19(27)24(2)9-8-21/h4-5,12H,6-11,13-14H2,1-3H3,(H,22,23). The van der Waals surface area contributed by atoms with E-state index in [0.29, 0.717) is 19.4 Å². The fourth-order valence-corrected chi connectivity index (χ4v) is 4.55. The molecule has 7 heteroatoms. The molecule has 2 fully saturated rings. The van der Waals surface area contributed by atoms with Crippen LogP contribution in [0.4, 0.5) is 0 Å². The van der Waals surface area contributed by atoms with Gasteiger partial charge in [-0.1, -0.05) is 6.07 Å². The number of nitrogens with one attached hydrogen (secondary N) is 1. The van der Waals surface area contributed by atoms with Crippen molar-refractivity contribution >= 4 is 22.8 Å². The Morgan fingerprint density at radius 1 is 1.21 bits per heavy atom. The number of likely N-dealkylation sites (tertiary alicyclic amines) is 1. The van der Waals surface area contributed by atoms with Gasteiger partial charge in [0.05, 0.1) is 17.5 Å². The summed E-state index contributed by atoms with van der Waals surface area (Å²) < 4.78 is 0. The van der Waals surface area contributed by atoms with Crippen molar-refractivity contribution < 1.29 is 9.59 Å². The zero-order valence-electron chi connectivity index (χ0n) is 17.0. The van der Waals surface area contributed by atoms with Gasteiger partial charge in [-0.05, 0) is 44.5 Å². The maximum atomic E-state index is 13.1. The van der Waals surface area contributed by atoms with Crippen molar-refractivity contribution in [2.45, 2.75) is 38.1 Å². The number of amides is 2. The van der Waals surface area contributed by atoms with E-state index in [1.165, 1.54) is 0 Å². The molecule has 2 aliphatic heterocycles. The van der Waals surface area contributed by atoms with Crippen LogP contribution in [-0.2, 0) is 16.0 Å². The third-order valence-corrected chi connectivity index (χ3v) is 6.52. The molecule has 1 N–H and O–H groups in total. The van der Waals surface area contributed by atoms with Crippen LogP contribution in [0.25, 0.3) is 11.0 Å². The van der Waals surface area contributed by atoms with Crippen LogP contribution in [0, 0.1) is 6.92 Å². The van der Waals surface area contributed by atoms with E-state index in [-0.39, 0.29) is 17.4 Å². The second-order valence-electron chi connectivity index (χ2n) is 8.38. The van der Waals surface area contributed by atoms with Crippen LogP contribution in [0.5, 0.6) is 0 Å². The van der Waals surface area contributed by atoms with Crippen molar-refractivity contribution in [1.82, 2.24) is 24.7 Å². The van der Waals surface area contributed by atoms with E-state index < -0.39 is 0 Å². The summed E-state index contributed by atoms with van der Waals surface area (Å²) >= 11 is 0. The van der Waals surface area contributed by atoms with Gasteiger partial charge in [0.25, 0.3) is 0 Å². The molecule has 0 saturated carbocycles. The minimum absolute atomic E-state index is 0.0984. The Bertz CT molecular complexity index is 907. The molecule has 0 aliphatic carbocycles. The number of aromatic amines is 1. The Kier molecular flexibility index (Phi) is 4.87. The van der Waals surface area contributed by atoms with Crippen LogP contribution in [0.15, 0.2) is 18.2 Å². The number of nitrogens with zero attached hydrogens (tertiary/aromatic N) is 4. The first-order valence-corrected chi connectivity index (χ1v) is 10.0. The monoisotopic (exact) mass is 383 g/mol. The summed E-state index contributed by atoms with van der Waals surface area (Å²) in [6.07, 6.45) is 2.68. The van der Waals surface area contributed by atoms with Gasteiger partial charge in [0.15, 0.2) is 0 Å². The minimum Gasteiger partial charge on any atom is -0.346 e. The lowest BCUT2D eigenvalue weighted by Crippen LogP contribution is -2.62. The van der Waals surface area contributed by atoms with Gasteiger partial charge in [-0.15, -0.1) is 0 Å². The first-order chi connectivity index (χ1) is 13.4. The molecular weight excluding hydrogens is 354 g/mol. The summed E-state index contributed by atoms with van der Waals surface area (Å²) in [5, 5.41) is 0. The number of H-pyrrole nitrogens is 1. The molecule has 1 atom stereocenters. The van der Waals surface area contributed by atoms with E-state index in [9.17, 15) is 9.59 Å². The number of carbonyl (C=O) groups is 2. The number of piperazine rings is 1. The van der Waals surface area contributed by atoms with E-state index >= 15 is 0 Å². The summed E-state index contributed by atoms with van der Waals surface area (Å²) in [4.78, 5) is 39.0. The van der Waals surface area contributed by atoms with E-state index in [1.54, 1.807) is 0 Å². The fourth-order valence-electron chi connectivity index (χ4n) is 4.55. The van der Waals surface area contributed by atoms with Crippen molar-refractivity contribution in [1.29, 1.82) is 0 Å². The van der Waals surface area contributed by atoms with Gasteiger partial charge in [-0.25, -0.2) is 4.98 Å². The Labute approximate surface area is 165 Å². The number of carbonyl (C=O) groups excluding carboxylic acids is 2. The number of hydrogen-bond acceptors (Lipinski definition) is 4. The fraction of sp³-hybridized carbons (Fsp3) is 0.571. The molecule has 1 aromatic carbocycles. The van der Waals surface area contributed by atoms with Crippen LogP contribution in [0.1, 0.15) is 30.7 Å². The topological polar surface area (TPSA) is 72.5 Å². The smallest absolute Gasteiger partial charge is 0.227 e. The molecule has 150 valence electrons. The van der Waals surface area contributed by atoms with Gasteiger partial charge in [0, 0.05) is 45.2 Å². The molecule has 28 heavy (non-hydrogen) atoms. The average molecular weight is 383 g/mol. The molecule has 0 bridgehead atoms. The van der Waals surface area contributed by atoms with Crippen LogP contribution in [0.2, 0.25) is 0 Å². The number of aryl methyl sites for hydroxylation is 1. The summed E-state index contributed by atoms with van der Waals surface area (Å²) in [5.74, 6) is 1.25. The largest absolute Gasteiger partial charge is 0.346 e. The highest BCUT2D eigenvalue weighted by Gasteiger charge is 2.42. The molecule has 2 aliphatic rings. The van der Waals surface area contributed by atoms with E-state index in [2.05, 4.69) is 21.9 Å². The number of fused-ring (bicyclic) bond motifs is 1.